The van der Waals surface area contributed by atoms with Crippen molar-refractivity contribution in [2.45, 2.75) is 19.9 Å². The van der Waals surface area contributed by atoms with Crippen molar-refractivity contribution in [3.8, 4) is 0 Å². The second-order valence-corrected chi connectivity index (χ2v) is 4.35. The number of hydrogen-bond donors (Lipinski definition) is 2. The maximum atomic E-state index is 5.67. The molecule has 0 aliphatic carbocycles. The molecule has 0 aliphatic rings. The topological polar surface area (TPSA) is 38.0 Å². The largest absolute Gasteiger partial charge is 0.271 e. The van der Waals surface area contributed by atoms with E-state index in [1.54, 1.807) is 0 Å². The van der Waals surface area contributed by atoms with Gasteiger partial charge in [0.2, 0.25) is 0 Å². The highest BCUT2D eigenvalue weighted by Gasteiger charge is 2.12. The molecule has 0 unspecified atom stereocenters. The molecule has 0 amide bonds. The molecule has 2 nitrogen and oxygen atoms in total. The zero-order valence-electron chi connectivity index (χ0n) is 10.3. The van der Waals surface area contributed by atoms with Gasteiger partial charge in [-0.2, -0.15) is 0 Å². The average Bonchev–Trinajstić information content (AvgIpc) is 2.36. The lowest BCUT2D eigenvalue weighted by atomic mass is 9.96. The summed E-state index contributed by atoms with van der Waals surface area (Å²) in [5, 5.41) is 0. The SMILES string of the molecule is Cc1ccc([C@H](NN)c2ccccc2)cc1C. The summed E-state index contributed by atoms with van der Waals surface area (Å²) in [5.41, 5.74) is 7.85. The Labute approximate surface area is 102 Å². The molecule has 88 valence electrons. The number of benzene rings is 2. The first kappa shape index (κ1) is 11.8. The summed E-state index contributed by atoms with van der Waals surface area (Å²) < 4.78 is 0. The van der Waals surface area contributed by atoms with Gasteiger partial charge in [0.05, 0.1) is 6.04 Å². The molecule has 0 heterocycles. The van der Waals surface area contributed by atoms with Gasteiger partial charge in [0.25, 0.3) is 0 Å². The molecule has 2 heteroatoms. The second kappa shape index (κ2) is 5.13. The number of aryl methyl sites for hydroxylation is 2. The highest BCUT2D eigenvalue weighted by molar-refractivity contribution is 5.36. The molecule has 0 radical (unpaired) electrons. The predicted octanol–water partition coefficient (Wildman–Crippen LogP) is 2.86. The van der Waals surface area contributed by atoms with Gasteiger partial charge in [-0.25, -0.2) is 5.43 Å². The van der Waals surface area contributed by atoms with Crippen LogP contribution in [-0.2, 0) is 0 Å². The lowest BCUT2D eigenvalue weighted by Gasteiger charge is -2.18. The van der Waals surface area contributed by atoms with Crippen LogP contribution in [0, 0.1) is 13.8 Å². The number of hydrogen-bond acceptors (Lipinski definition) is 2. The van der Waals surface area contributed by atoms with Gasteiger partial charge in [-0.1, -0.05) is 48.5 Å². The van der Waals surface area contributed by atoms with Gasteiger partial charge >= 0.3 is 0 Å². The summed E-state index contributed by atoms with van der Waals surface area (Å²) in [6, 6.07) is 16.7. The summed E-state index contributed by atoms with van der Waals surface area (Å²) in [6.45, 7) is 4.24. The molecule has 0 bridgehead atoms. The number of hydrazine groups is 1. The van der Waals surface area contributed by atoms with E-state index in [-0.39, 0.29) is 6.04 Å². The van der Waals surface area contributed by atoms with Crippen molar-refractivity contribution in [1.82, 2.24) is 5.43 Å². The van der Waals surface area contributed by atoms with Crippen LogP contribution in [0.15, 0.2) is 48.5 Å². The Morgan fingerprint density at radius 2 is 1.59 bits per heavy atom. The van der Waals surface area contributed by atoms with Crippen molar-refractivity contribution in [1.29, 1.82) is 0 Å². The normalized spacial score (nSPS) is 12.4. The first-order valence-corrected chi connectivity index (χ1v) is 5.80. The summed E-state index contributed by atoms with van der Waals surface area (Å²) in [7, 11) is 0. The van der Waals surface area contributed by atoms with E-state index in [0.717, 1.165) is 0 Å². The summed E-state index contributed by atoms with van der Waals surface area (Å²) in [4.78, 5) is 0. The molecule has 0 fully saturated rings. The molecule has 0 aliphatic heterocycles. The molecule has 2 aromatic carbocycles. The zero-order chi connectivity index (χ0) is 12.3. The molecular weight excluding hydrogens is 208 g/mol. The Morgan fingerprint density at radius 1 is 0.882 bits per heavy atom. The van der Waals surface area contributed by atoms with Gasteiger partial charge in [-0.15, -0.1) is 0 Å². The third-order valence-corrected chi connectivity index (χ3v) is 3.16. The lowest BCUT2D eigenvalue weighted by Crippen LogP contribution is -2.28. The zero-order valence-corrected chi connectivity index (χ0v) is 10.3. The van der Waals surface area contributed by atoms with Crippen LogP contribution < -0.4 is 11.3 Å². The van der Waals surface area contributed by atoms with Crippen molar-refractivity contribution < 1.29 is 0 Å². The number of nitrogens with two attached hydrogens (primary N) is 1. The van der Waals surface area contributed by atoms with Gasteiger partial charge in [-0.3, -0.25) is 5.84 Å². The standard InChI is InChI=1S/C15H18N2/c1-11-8-9-14(10-12(11)2)15(17-16)13-6-4-3-5-7-13/h3-10,15,17H,16H2,1-2H3/t15-/m1/s1. The minimum Gasteiger partial charge on any atom is -0.271 e. The van der Waals surface area contributed by atoms with E-state index in [1.807, 2.05) is 18.2 Å². The molecule has 0 saturated carbocycles. The lowest BCUT2D eigenvalue weighted by molar-refractivity contribution is 0.636. The maximum absolute atomic E-state index is 5.67. The van der Waals surface area contributed by atoms with E-state index >= 15 is 0 Å². The Hall–Kier alpha value is -1.64. The maximum Gasteiger partial charge on any atom is 0.0710 e. The second-order valence-electron chi connectivity index (χ2n) is 4.35. The Kier molecular flexibility index (Phi) is 3.57. The minimum atomic E-state index is 0.0514. The van der Waals surface area contributed by atoms with Crippen LogP contribution in [-0.4, -0.2) is 0 Å². The van der Waals surface area contributed by atoms with Crippen LogP contribution in [0.5, 0.6) is 0 Å². The molecule has 0 saturated heterocycles. The quantitative estimate of drug-likeness (QED) is 0.624. The summed E-state index contributed by atoms with van der Waals surface area (Å²) in [6.07, 6.45) is 0. The first-order valence-electron chi connectivity index (χ1n) is 5.80. The predicted molar refractivity (Wildman–Crippen MR) is 71.5 cm³/mol. The number of nitrogens with one attached hydrogen (secondary N) is 1. The molecular formula is C15H18N2. The molecule has 0 aromatic heterocycles. The highest BCUT2D eigenvalue weighted by atomic mass is 15.2. The van der Waals surface area contributed by atoms with Gasteiger partial charge in [-0.05, 0) is 36.1 Å². The Morgan fingerprint density at radius 3 is 2.18 bits per heavy atom. The first-order chi connectivity index (χ1) is 8.22. The molecule has 0 spiro atoms. The molecule has 2 rings (SSSR count). The van der Waals surface area contributed by atoms with Crippen molar-refractivity contribution in [3.05, 3.63) is 70.8 Å². The van der Waals surface area contributed by atoms with Crippen LogP contribution >= 0.6 is 0 Å². The summed E-state index contributed by atoms with van der Waals surface area (Å²) in [5.74, 6) is 5.67. The van der Waals surface area contributed by atoms with Gasteiger partial charge in [0.1, 0.15) is 0 Å². The fraction of sp³-hybridized carbons (Fsp3) is 0.200. The van der Waals surface area contributed by atoms with E-state index in [1.165, 1.54) is 22.3 Å². The monoisotopic (exact) mass is 226 g/mol. The van der Waals surface area contributed by atoms with Crippen LogP contribution in [0.3, 0.4) is 0 Å². The molecule has 3 N–H and O–H groups in total. The average molecular weight is 226 g/mol. The van der Waals surface area contributed by atoms with E-state index in [2.05, 4.69) is 49.6 Å². The van der Waals surface area contributed by atoms with Crippen molar-refractivity contribution in [2.75, 3.05) is 0 Å². The summed E-state index contributed by atoms with van der Waals surface area (Å²) >= 11 is 0. The number of rotatable bonds is 3. The van der Waals surface area contributed by atoms with Crippen LogP contribution in [0.1, 0.15) is 28.3 Å². The smallest absolute Gasteiger partial charge is 0.0710 e. The fourth-order valence-corrected chi connectivity index (χ4v) is 1.97. The van der Waals surface area contributed by atoms with Crippen molar-refractivity contribution in [3.63, 3.8) is 0 Å². The third kappa shape index (κ3) is 2.54. The van der Waals surface area contributed by atoms with Crippen LogP contribution in [0.2, 0.25) is 0 Å². The van der Waals surface area contributed by atoms with E-state index < -0.39 is 0 Å². The van der Waals surface area contributed by atoms with Crippen molar-refractivity contribution >= 4 is 0 Å². The van der Waals surface area contributed by atoms with Gasteiger partial charge in [0, 0.05) is 0 Å². The minimum absolute atomic E-state index is 0.0514. The van der Waals surface area contributed by atoms with Crippen LogP contribution in [0.25, 0.3) is 0 Å². The highest BCUT2D eigenvalue weighted by Crippen LogP contribution is 2.22. The fourth-order valence-electron chi connectivity index (χ4n) is 1.97. The molecule has 17 heavy (non-hydrogen) atoms. The Bertz CT molecular complexity index is 492. The van der Waals surface area contributed by atoms with Gasteiger partial charge < -0.3 is 0 Å². The van der Waals surface area contributed by atoms with E-state index in [4.69, 9.17) is 5.84 Å². The Balaban J connectivity index is 2.39. The van der Waals surface area contributed by atoms with E-state index in [9.17, 15) is 0 Å². The van der Waals surface area contributed by atoms with Gasteiger partial charge in [0.15, 0.2) is 0 Å². The van der Waals surface area contributed by atoms with E-state index in [0.29, 0.717) is 0 Å². The van der Waals surface area contributed by atoms with Crippen LogP contribution in [0.4, 0.5) is 0 Å². The van der Waals surface area contributed by atoms with Crippen molar-refractivity contribution in [2.24, 2.45) is 5.84 Å². The molecule has 2 aromatic rings. The third-order valence-electron chi connectivity index (χ3n) is 3.16. The molecule has 1 atom stereocenters.